The number of Topliss-reactive ketones (excluding diaryl/α,β-unsaturated/α-hetero) is 1. The van der Waals surface area contributed by atoms with Crippen LogP contribution in [0.3, 0.4) is 0 Å². The molecule has 0 aliphatic heterocycles. The van der Waals surface area contributed by atoms with Crippen molar-refractivity contribution in [2.24, 2.45) is 0 Å². The molecule has 0 aliphatic rings. The summed E-state index contributed by atoms with van der Waals surface area (Å²) in [7, 11) is -2.00. The first-order chi connectivity index (χ1) is 9.50. The van der Waals surface area contributed by atoms with Gasteiger partial charge in [-0.15, -0.1) is 0 Å². The molecule has 1 atom stereocenters. The van der Waals surface area contributed by atoms with Crippen molar-refractivity contribution in [2.45, 2.75) is 4.90 Å². The van der Waals surface area contributed by atoms with Crippen molar-refractivity contribution in [2.75, 3.05) is 5.75 Å². The molecule has 0 spiro atoms. The zero-order chi connectivity index (χ0) is 14.7. The highest BCUT2D eigenvalue weighted by Crippen LogP contribution is 2.16. The minimum absolute atomic E-state index is 0.169. The van der Waals surface area contributed by atoms with Gasteiger partial charge in [0.1, 0.15) is 17.5 Å². The minimum Gasteiger partial charge on any atom is -0.293 e. The Bertz CT molecular complexity index is 666. The number of rotatable bonds is 4. The largest absolute Gasteiger partial charge is 0.293 e. The zero-order valence-electron chi connectivity index (χ0n) is 10.1. The SMILES string of the molecule is O=C(CS(=O)c1ccccc1F)c1c(F)cccc1F. The van der Waals surface area contributed by atoms with Gasteiger partial charge in [-0.3, -0.25) is 9.00 Å². The van der Waals surface area contributed by atoms with E-state index in [4.69, 9.17) is 0 Å². The van der Waals surface area contributed by atoms with Crippen LogP contribution in [0.25, 0.3) is 0 Å². The third kappa shape index (κ3) is 2.96. The smallest absolute Gasteiger partial charge is 0.181 e. The zero-order valence-corrected chi connectivity index (χ0v) is 10.9. The summed E-state index contributed by atoms with van der Waals surface area (Å²) in [5, 5.41) is 0. The minimum atomic E-state index is -2.00. The summed E-state index contributed by atoms with van der Waals surface area (Å²) in [5.74, 6) is -4.44. The van der Waals surface area contributed by atoms with Crippen LogP contribution in [0, 0.1) is 17.5 Å². The van der Waals surface area contributed by atoms with Crippen LogP contribution in [0.5, 0.6) is 0 Å². The van der Waals surface area contributed by atoms with Crippen LogP contribution >= 0.6 is 0 Å². The summed E-state index contributed by atoms with van der Waals surface area (Å²) in [4.78, 5) is 11.6. The molecule has 1 unspecified atom stereocenters. The van der Waals surface area contributed by atoms with Gasteiger partial charge in [0.2, 0.25) is 0 Å². The highest BCUT2D eigenvalue weighted by Gasteiger charge is 2.21. The lowest BCUT2D eigenvalue weighted by atomic mass is 10.1. The Balaban J connectivity index is 2.25. The molecule has 0 fully saturated rings. The standard InChI is InChI=1S/C14H9F3O2S/c15-9-4-1-2-7-13(9)20(19)8-12(18)14-10(16)5-3-6-11(14)17/h1-7H,8H2. The first-order valence-corrected chi connectivity index (χ1v) is 6.92. The third-order valence-electron chi connectivity index (χ3n) is 2.59. The average molecular weight is 298 g/mol. The molecule has 0 bridgehead atoms. The van der Waals surface area contributed by atoms with Crippen molar-refractivity contribution in [3.63, 3.8) is 0 Å². The van der Waals surface area contributed by atoms with E-state index in [1.54, 1.807) is 0 Å². The molecule has 0 radical (unpaired) electrons. The number of benzene rings is 2. The van der Waals surface area contributed by atoms with Crippen LogP contribution < -0.4 is 0 Å². The molecule has 2 aromatic rings. The van der Waals surface area contributed by atoms with E-state index in [9.17, 15) is 22.2 Å². The van der Waals surface area contributed by atoms with Crippen LogP contribution in [0.4, 0.5) is 13.2 Å². The van der Waals surface area contributed by atoms with Crippen molar-refractivity contribution in [3.05, 3.63) is 65.5 Å². The molecule has 6 heteroatoms. The maximum atomic E-state index is 13.4. The third-order valence-corrected chi connectivity index (χ3v) is 3.93. The molecule has 2 aromatic carbocycles. The van der Waals surface area contributed by atoms with E-state index < -0.39 is 45.4 Å². The van der Waals surface area contributed by atoms with Crippen molar-refractivity contribution < 1.29 is 22.2 Å². The van der Waals surface area contributed by atoms with Crippen molar-refractivity contribution in [3.8, 4) is 0 Å². The first-order valence-electron chi connectivity index (χ1n) is 5.61. The maximum absolute atomic E-state index is 13.4. The number of hydrogen-bond acceptors (Lipinski definition) is 2. The lowest BCUT2D eigenvalue weighted by Crippen LogP contribution is -2.15. The summed E-state index contributed by atoms with van der Waals surface area (Å²) >= 11 is 0. The Morgan fingerprint density at radius 1 is 0.900 bits per heavy atom. The molecule has 20 heavy (non-hydrogen) atoms. The normalized spacial score (nSPS) is 12.2. The molecule has 2 nitrogen and oxygen atoms in total. The average Bonchev–Trinajstić information content (AvgIpc) is 2.38. The highest BCUT2D eigenvalue weighted by molar-refractivity contribution is 7.85. The molecule has 2 rings (SSSR count). The van der Waals surface area contributed by atoms with E-state index in [0.29, 0.717) is 0 Å². The van der Waals surface area contributed by atoms with Crippen molar-refractivity contribution >= 4 is 16.6 Å². The van der Waals surface area contributed by atoms with Crippen LogP contribution in [0.1, 0.15) is 10.4 Å². The molecule has 0 saturated carbocycles. The molecule has 0 aromatic heterocycles. The fourth-order valence-electron chi connectivity index (χ4n) is 1.66. The van der Waals surface area contributed by atoms with Crippen LogP contribution in [0.2, 0.25) is 0 Å². The predicted molar refractivity (Wildman–Crippen MR) is 68.4 cm³/mol. The van der Waals surface area contributed by atoms with Crippen LogP contribution in [-0.2, 0) is 10.8 Å². The van der Waals surface area contributed by atoms with Gasteiger partial charge in [-0.05, 0) is 24.3 Å². The maximum Gasteiger partial charge on any atom is 0.181 e. The van der Waals surface area contributed by atoms with E-state index in [1.165, 1.54) is 18.2 Å². The molecule has 0 amide bonds. The predicted octanol–water partition coefficient (Wildman–Crippen LogP) is 3.09. The van der Waals surface area contributed by atoms with E-state index in [-0.39, 0.29) is 4.90 Å². The topological polar surface area (TPSA) is 34.1 Å². The van der Waals surface area contributed by atoms with Gasteiger partial charge in [-0.1, -0.05) is 18.2 Å². The molecule has 0 N–H and O–H groups in total. The fraction of sp³-hybridized carbons (Fsp3) is 0.0714. The summed E-state index contributed by atoms with van der Waals surface area (Å²) in [5.41, 5.74) is -0.753. The second-order valence-corrected chi connectivity index (χ2v) is 5.36. The molecule has 0 saturated heterocycles. The fourth-order valence-corrected chi connectivity index (χ4v) is 2.72. The van der Waals surface area contributed by atoms with Gasteiger partial charge in [-0.25, -0.2) is 13.2 Å². The molecule has 0 heterocycles. The van der Waals surface area contributed by atoms with E-state index in [0.717, 1.165) is 24.3 Å². The lowest BCUT2D eigenvalue weighted by molar-refractivity contribution is 0.101. The Labute approximate surface area is 115 Å². The van der Waals surface area contributed by atoms with Gasteiger partial charge in [0.15, 0.2) is 5.78 Å². The molecule has 0 aliphatic carbocycles. The van der Waals surface area contributed by atoms with Gasteiger partial charge >= 0.3 is 0 Å². The van der Waals surface area contributed by atoms with E-state index in [2.05, 4.69) is 0 Å². The number of hydrogen-bond donors (Lipinski definition) is 0. The highest BCUT2D eigenvalue weighted by atomic mass is 32.2. The van der Waals surface area contributed by atoms with Gasteiger partial charge in [-0.2, -0.15) is 0 Å². The van der Waals surface area contributed by atoms with Crippen molar-refractivity contribution in [1.82, 2.24) is 0 Å². The summed E-state index contributed by atoms with van der Waals surface area (Å²) in [6.45, 7) is 0. The summed E-state index contributed by atoms with van der Waals surface area (Å²) in [6, 6.07) is 8.22. The van der Waals surface area contributed by atoms with Gasteiger partial charge < -0.3 is 0 Å². The monoisotopic (exact) mass is 298 g/mol. The Morgan fingerprint density at radius 2 is 1.45 bits per heavy atom. The van der Waals surface area contributed by atoms with Crippen molar-refractivity contribution in [1.29, 1.82) is 0 Å². The first kappa shape index (κ1) is 14.5. The van der Waals surface area contributed by atoms with Gasteiger partial charge in [0.25, 0.3) is 0 Å². The summed E-state index contributed by atoms with van der Waals surface area (Å²) < 4.78 is 52.1. The van der Waals surface area contributed by atoms with E-state index in [1.807, 2.05) is 0 Å². The van der Waals surface area contributed by atoms with Gasteiger partial charge in [0.05, 0.1) is 27.0 Å². The Kier molecular flexibility index (Phi) is 4.34. The number of carbonyl (C=O) groups is 1. The Morgan fingerprint density at radius 3 is 2.05 bits per heavy atom. The number of halogens is 3. The molecular weight excluding hydrogens is 289 g/mol. The quantitative estimate of drug-likeness (QED) is 0.813. The second-order valence-electron chi connectivity index (χ2n) is 3.94. The molecular formula is C14H9F3O2S. The lowest BCUT2D eigenvalue weighted by Gasteiger charge is -2.05. The van der Waals surface area contributed by atoms with Gasteiger partial charge in [0, 0.05) is 0 Å². The second kappa shape index (κ2) is 6.00. The number of carbonyl (C=O) groups excluding carboxylic acids is 1. The molecule has 104 valence electrons. The summed E-state index contributed by atoms with van der Waals surface area (Å²) in [6.07, 6.45) is 0. The van der Waals surface area contributed by atoms with E-state index >= 15 is 0 Å². The van der Waals surface area contributed by atoms with Crippen LogP contribution in [-0.4, -0.2) is 15.7 Å². The number of ketones is 1. The van der Waals surface area contributed by atoms with Crippen LogP contribution in [0.15, 0.2) is 47.4 Å². The Hall–Kier alpha value is -1.95.